The number of esters is 1. The van der Waals surface area contributed by atoms with Gasteiger partial charge in [0, 0.05) is 39.3 Å². The van der Waals surface area contributed by atoms with Gasteiger partial charge in [0.15, 0.2) is 0 Å². The Morgan fingerprint density at radius 2 is 1.85 bits per heavy atom. The van der Waals surface area contributed by atoms with E-state index in [-0.39, 0.29) is 5.97 Å². The molecule has 0 aromatic heterocycles. The van der Waals surface area contributed by atoms with Crippen molar-refractivity contribution >= 4 is 5.97 Å². The normalized spacial score (nSPS) is 24.4. The van der Waals surface area contributed by atoms with Gasteiger partial charge in [0.25, 0.3) is 0 Å². The molecule has 5 nitrogen and oxygen atoms in total. The highest BCUT2D eigenvalue weighted by atomic mass is 16.5. The fourth-order valence-electron chi connectivity index (χ4n) is 2.78. The smallest absolute Gasteiger partial charge is 0.327 e. The van der Waals surface area contributed by atoms with Gasteiger partial charge in [-0.15, -0.1) is 0 Å². The van der Waals surface area contributed by atoms with E-state index >= 15 is 0 Å². The average molecular weight is 283 g/mol. The first-order chi connectivity index (χ1) is 9.57. The van der Waals surface area contributed by atoms with Gasteiger partial charge in [-0.25, -0.2) is 0 Å². The van der Waals surface area contributed by atoms with E-state index in [1.807, 2.05) is 20.9 Å². The van der Waals surface area contributed by atoms with Crippen molar-refractivity contribution in [3.8, 4) is 0 Å². The molecule has 0 radical (unpaired) electrons. The van der Waals surface area contributed by atoms with Crippen LogP contribution in [0.25, 0.3) is 0 Å². The van der Waals surface area contributed by atoms with Crippen LogP contribution >= 0.6 is 0 Å². The lowest BCUT2D eigenvalue weighted by atomic mass is 10.0. The van der Waals surface area contributed by atoms with E-state index in [0.29, 0.717) is 6.61 Å². The van der Waals surface area contributed by atoms with Crippen molar-refractivity contribution in [2.75, 3.05) is 52.9 Å². The molecule has 2 aliphatic rings. The van der Waals surface area contributed by atoms with Crippen molar-refractivity contribution in [3.63, 3.8) is 0 Å². The summed E-state index contributed by atoms with van der Waals surface area (Å²) in [5, 5.41) is 3.13. The Balaban J connectivity index is 1.78. The first kappa shape index (κ1) is 15.7. The summed E-state index contributed by atoms with van der Waals surface area (Å²) in [7, 11) is 1.83. The molecule has 0 spiro atoms. The maximum atomic E-state index is 12.1. The van der Waals surface area contributed by atoms with Crippen LogP contribution in [0, 0.1) is 5.92 Å². The number of hydrogen-bond acceptors (Lipinski definition) is 5. The summed E-state index contributed by atoms with van der Waals surface area (Å²) < 4.78 is 5.18. The molecule has 1 atom stereocenters. The molecule has 1 aliphatic carbocycles. The second-order valence-corrected chi connectivity index (χ2v) is 6.32. The molecule has 20 heavy (non-hydrogen) atoms. The van der Waals surface area contributed by atoms with Crippen molar-refractivity contribution in [2.24, 2.45) is 5.92 Å². The van der Waals surface area contributed by atoms with Crippen LogP contribution in [0.15, 0.2) is 0 Å². The molecule has 0 amide bonds. The number of carbonyl (C=O) groups excluding carboxylic acids is 1. The van der Waals surface area contributed by atoms with Crippen LogP contribution < -0.4 is 5.32 Å². The Labute approximate surface area is 122 Å². The number of nitrogens with one attached hydrogen (secondary N) is 1. The van der Waals surface area contributed by atoms with Gasteiger partial charge in [-0.2, -0.15) is 0 Å². The van der Waals surface area contributed by atoms with Gasteiger partial charge in [-0.3, -0.25) is 9.69 Å². The zero-order valence-corrected chi connectivity index (χ0v) is 13.2. The summed E-state index contributed by atoms with van der Waals surface area (Å²) in [6.45, 7) is 10.6. The summed E-state index contributed by atoms with van der Waals surface area (Å²) in [6.07, 6.45) is 2.84. The van der Waals surface area contributed by atoms with Crippen molar-refractivity contribution in [1.82, 2.24) is 15.1 Å². The van der Waals surface area contributed by atoms with E-state index < -0.39 is 5.54 Å². The lowest BCUT2D eigenvalue weighted by Gasteiger charge is -2.39. The zero-order chi connectivity index (χ0) is 14.6. The molecule has 1 aliphatic heterocycles. The van der Waals surface area contributed by atoms with Crippen LogP contribution in [0.2, 0.25) is 0 Å². The quantitative estimate of drug-likeness (QED) is 0.692. The molecule has 1 N–H and O–H groups in total. The standard InChI is InChI=1S/C15H29N3O2/c1-4-20-14(19)15(2,16-3)12-18-9-7-17(8-10-18)11-13-5-6-13/h13,16H,4-12H2,1-3H3. The highest BCUT2D eigenvalue weighted by molar-refractivity contribution is 5.80. The molecule has 0 bridgehead atoms. The van der Waals surface area contributed by atoms with Crippen LogP contribution in [-0.4, -0.2) is 74.2 Å². The molecule has 0 aromatic carbocycles. The van der Waals surface area contributed by atoms with Crippen molar-refractivity contribution in [3.05, 3.63) is 0 Å². The van der Waals surface area contributed by atoms with Gasteiger partial charge in [0.1, 0.15) is 5.54 Å². The summed E-state index contributed by atoms with van der Waals surface area (Å²) in [4.78, 5) is 17.0. The Bertz CT molecular complexity index is 325. The van der Waals surface area contributed by atoms with E-state index in [1.165, 1.54) is 19.4 Å². The van der Waals surface area contributed by atoms with Crippen molar-refractivity contribution in [1.29, 1.82) is 0 Å². The van der Waals surface area contributed by atoms with Gasteiger partial charge < -0.3 is 15.0 Å². The summed E-state index contributed by atoms with van der Waals surface area (Å²) in [6, 6.07) is 0. The van der Waals surface area contributed by atoms with Crippen LogP contribution in [-0.2, 0) is 9.53 Å². The molecule has 2 rings (SSSR count). The van der Waals surface area contributed by atoms with Crippen LogP contribution in [0.1, 0.15) is 26.7 Å². The van der Waals surface area contributed by atoms with Crippen molar-refractivity contribution in [2.45, 2.75) is 32.2 Å². The van der Waals surface area contributed by atoms with Crippen LogP contribution in [0.5, 0.6) is 0 Å². The van der Waals surface area contributed by atoms with Gasteiger partial charge in [-0.1, -0.05) is 0 Å². The van der Waals surface area contributed by atoms with E-state index in [0.717, 1.165) is 38.6 Å². The number of ether oxygens (including phenoxy) is 1. The first-order valence-corrected chi connectivity index (χ1v) is 7.88. The van der Waals surface area contributed by atoms with Gasteiger partial charge >= 0.3 is 5.97 Å². The largest absolute Gasteiger partial charge is 0.465 e. The number of nitrogens with zero attached hydrogens (tertiary/aromatic N) is 2. The minimum Gasteiger partial charge on any atom is -0.465 e. The van der Waals surface area contributed by atoms with E-state index in [9.17, 15) is 4.79 Å². The lowest BCUT2D eigenvalue weighted by Crippen LogP contribution is -2.59. The molecule has 116 valence electrons. The predicted octanol–water partition coefficient (Wildman–Crippen LogP) is 0.555. The number of rotatable bonds is 7. The Hall–Kier alpha value is -0.650. The first-order valence-electron chi connectivity index (χ1n) is 7.88. The summed E-state index contributed by atoms with van der Waals surface area (Å²) >= 11 is 0. The Morgan fingerprint density at radius 1 is 1.25 bits per heavy atom. The number of hydrogen-bond donors (Lipinski definition) is 1. The van der Waals surface area contributed by atoms with E-state index in [1.54, 1.807) is 0 Å². The van der Waals surface area contributed by atoms with Gasteiger partial charge in [0.2, 0.25) is 0 Å². The maximum absolute atomic E-state index is 12.1. The molecule has 0 aromatic rings. The molecule has 1 unspecified atom stereocenters. The van der Waals surface area contributed by atoms with Crippen LogP contribution in [0.3, 0.4) is 0 Å². The monoisotopic (exact) mass is 283 g/mol. The highest BCUT2D eigenvalue weighted by Crippen LogP contribution is 2.30. The molecule has 1 heterocycles. The van der Waals surface area contributed by atoms with E-state index in [2.05, 4.69) is 15.1 Å². The van der Waals surface area contributed by atoms with E-state index in [4.69, 9.17) is 4.74 Å². The molecule has 2 fully saturated rings. The average Bonchev–Trinajstić information content (AvgIpc) is 3.25. The Morgan fingerprint density at radius 3 is 2.35 bits per heavy atom. The molecule has 1 saturated carbocycles. The molecular weight excluding hydrogens is 254 g/mol. The third-order valence-electron chi connectivity index (χ3n) is 4.50. The summed E-state index contributed by atoms with van der Waals surface area (Å²) in [5.41, 5.74) is -0.603. The second kappa shape index (κ2) is 6.87. The lowest BCUT2D eigenvalue weighted by molar-refractivity contribution is -0.151. The number of carbonyl (C=O) groups is 1. The number of piperazine rings is 1. The molecular formula is C15H29N3O2. The SMILES string of the molecule is CCOC(=O)C(C)(CN1CCN(CC2CC2)CC1)NC. The van der Waals surface area contributed by atoms with Crippen molar-refractivity contribution < 1.29 is 9.53 Å². The third-order valence-corrected chi connectivity index (χ3v) is 4.50. The highest BCUT2D eigenvalue weighted by Gasteiger charge is 2.36. The number of likely N-dealkylation sites (N-methyl/N-ethyl adjacent to an activating group) is 1. The predicted molar refractivity (Wildman–Crippen MR) is 79.7 cm³/mol. The Kier molecular flexibility index (Phi) is 5.41. The van der Waals surface area contributed by atoms with Gasteiger partial charge in [-0.05, 0) is 39.7 Å². The molecule has 5 heteroatoms. The summed E-state index contributed by atoms with van der Waals surface area (Å²) in [5.74, 6) is 0.812. The van der Waals surface area contributed by atoms with Crippen LogP contribution in [0.4, 0.5) is 0 Å². The minimum absolute atomic E-state index is 0.150. The zero-order valence-electron chi connectivity index (χ0n) is 13.2. The fraction of sp³-hybridized carbons (Fsp3) is 0.933. The van der Waals surface area contributed by atoms with Gasteiger partial charge in [0.05, 0.1) is 6.61 Å². The third kappa shape index (κ3) is 4.17. The second-order valence-electron chi connectivity index (χ2n) is 6.32. The molecule has 1 saturated heterocycles. The topological polar surface area (TPSA) is 44.8 Å². The fourth-order valence-corrected chi connectivity index (χ4v) is 2.78. The minimum atomic E-state index is -0.603. The maximum Gasteiger partial charge on any atom is 0.327 e.